The highest BCUT2D eigenvalue weighted by Gasteiger charge is 2.36. The number of carbonyl (C=O) groups excluding carboxylic acids is 1. The van der Waals surface area contributed by atoms with E-state index in [-0.39, 0.29) is 5.91 Å². The number of hydrogen-bond acceptors (Lipinski definition) is 4. The predicted molar refractivity (Wildman–Crippen MR) is 70.3 cm³/mol. The van der Waals surface area contributed by atoms with Crippen molar-refractivity contribution in [2.24, 2.45) is 5.73 Å². The smallest absolute Gasteiger partial charge is 0.240 e. The zero-order valence-electron chi connectivity index (χ0n) is 11.3. The third-order valence-corrected chi connectivity index (χ3v) is 4.24. The van der Waals surface area contributed by atoms with Crippen LogP contribution in [0.25, 0.3) is 0 Å². The Kier molecular flexibility index (Phi) is 4.59. The van der Waals surface area contributed by atoms with Gasteiger partial charge in [0, 0.05) is 25.8 Å². The van der Waals surface area contributed by atoms with Crippen molar-refractivity contribution >= 4 is 5.91 Å². The quantitative estimate of drug-likeness (QED) is 0.747. The first-order chi connectivity index (χ1) is 8.65. The van der Waals surface area contributed by atoms with Crippen molar-refractivity contribution in [3.63, 3.8) is 0 Å². The van der Waals surface area contributed by atoms with Crippen molar-refractivity contribution in [2.45, 2.75) is 44.2 Å². The van der Waals surface area contributed by atoms with Crippen LogP contribution in [0.15, 0.2) is 0 Å². The van der Waals surface area contributed by atoms with Gasteiger partial charge >= 0.3 is 0 Å². The molecule has 0 saturated carbocycles. The molecule has 0 bridgehead atoms. The molecule has 0 aromatic heterocycles. The molecule has 104 valence electrons. The molecule has 2 rings (SSSR count). The fraction of sp³-hybridized carbons (Fsp3) is 0.923. The van der Waals surface area contributed by atoms with Crippen LogP contribution in [0.2, 0.25) is 0 Å². The van der Waals surface area contributed by atoms with Gasteiger partial charge in [-0.25, -0.2) is 0 Å². The number of nitrogens with one attached hydrogen (secondary N) is 1. The van der Waals surface area contributed by atoms with Gasteiger partial charge in [-0.05, 0) is 38.8 Å². The van der Waals surface area contributed by atoms with Crippen molar-refractivity contribution in [2.75, 3.05) is 32.8 Å². The first-order valence-corrected chi connectivity index (χ1v) is 7.05. The lowest BCUT2D eigenvalue weighted by Crippen LogP contribution is -2.58. The Hall–Kier alpha value is -0.650. The maximum absolute atomic E-state index is 12.2. The second-order valence-corrected chi connectivity index (χ2v) is 5.40. The van der Waals surface area contributed by atoms with E-state index in [2.05, 4.69) is 17.1 Å². The summed E-state index contributed by atoms with van der Waals surface area (Å²) in [6, 6.07) is 0.488. The molecule has 1 atom stereocenters. The summed E-state index contributed by atoms with van der Waals surface area (Å²) in [5, 5.41) is 3.04. The minimum atomic E-state index is -0.714. The van der Waals surface area contributed by atoms with Crippen LogP contribution in [-0.4, -0.2) is 55.2 Å². The number of ether oxygens (including phenoxy) is 1. The summed E-state index contributed by atoms with van der Waals surface area (Å²) < 4.78 is 5.26. The minimum absolute atomic E-state index is 0.00578. The predicted octanol–water partition coefficient (Wildman–Crippen LogP) is 0.0948. The molecule has 2 aliphatic rings. The molecule has 1 amide bonds. The lowest BCUT2D eigenvalue weighted by molar-refractivity contribution is -0.129. The van der Waals surface area contributed by atoms with Gasteiger partial charge in [-0.3, -0.25) is 9.69 Å². The van der Waals surface area contributed by atoms with Gasteiger partial charge in [0.2, 0.25) is 5.91 Å². The van der Waals surface area contributed by atoms with E-state index >= 15 is 0 Å². The average Bonchev–Trinajstić information content (AvgIpc) is 2.84. The molecule has 0 radical (unpaired) electrons. The number of rotatable bonds is 4. The Bertz CT molecular complexity index is 290. The second-order valence-electron chi connectivity index (χ2n) is 5.40. The van der Waals surface area contributed by atoms with Crippen LogP contribution in [0, 0.1) is 0 Å². The van der Waals surface area contributed by atoms with Crippen LogP contribution < -0.4 is 11.1 Å². The van der Waals surface area contributed by atoms with Gasteiger partial charge in [0.15, 0.2) is 0 Å². The van der Waals surface area contributed by atoms with Crippen LogP contribution in [0.5, 0.6) is 0 Å². The van der Waals surface area contributed by atoms with Gasteiger partial charge < -0.3 is 15.8 Å². The highest BCUT2D eigenvalue weighted by Crippen LogP contribution is 2.19. The summed E-state index contributed by atoms with van der Waals surface area (Å²) >= 11 is 0. The first-order valence-electron chi connectivity index (χ1n) is 7.05. The maximum atomic E-state index is 12.2. The van der Waals surface area contributed by atoms with Gasteiger partial charge in [-0.1, -0.05) is 6.92 Å². The maximum Gasteiger partial charge on any atom is 0.240 e. The van der Waals surface area contributed by atoms with E-state index < -0.39 is 5.54 Å². The number of amides is 1. The Morgan fingerprint density at radius 3 is 2.89 bits per heavy atom. The first kappa shape index (κ1) is 13.8. The molecule has 0 aromatic rings. The van der Waals surface area contributed by atoms with Gasteiger partial charge in [-0.15, -0.1) is 0 Å². The van der Waals surface area contributed by atoms with Crippen molar-refractivity contribution in [3.8, 4) is 0 Å². The summed E-state index contributed by atoms with van der Waals surface area (Å²) in [4.78, 5) is 14.6. The van der Waals surface area contributed by atoms with Gasteiger partial charge in [-0.2, -0.15) is 0 Å². The van der Waals surface area contributed by atoms with E-state index in [9.17, 15) is 4.79 Å². The number of likely N-dealkylation sites (N-methyl/N-ethyl adjacent to an activating group) is 1. The summed E-state index contributed by atoms with van der Waals surface area (Å²) in [5.74, 6) is -0.00578. The van der Waals surface area contributed by atoms with Crippen molar-refractivity contribution < 1.29 is 9.53 Å². The molecule has 1 unspecified atom stereocenters. The van der Waals surface area contributed by atoms with Gasteiger partial charge in [0.05, 0.1) is 5.54 Å². The Balaban J connectivity index is 1.80. The molecular formula is C13H25N3O2. The normalized spacial score (nSPS) is 28.2. The molecule has 2 aliphatic heterocycles. The number of likely N-dealkylation sites (tertiary alicyclic amines) is 1. The molecule has 0 spiro atoms. The Labute approximate surface area is 109 Å². The van der Waals surface area contributed by atoms with Crippen LogP contribution in [0.4, 0.5) is 0 Å². The summed E-state index contributed by atoms with van der Waals surface area (Å²) in [7, 11) is 0. The molecule has 2 fully saturated rings. The molecule has 18 heavy (non-hydrogen) atoms. The number of nitrogens with zero attached hydrogens (tertiary/aromatic N) is 1. The standard InChI is InChI=1S/C13H25N3O2/c1-2-16-7-3-4-11(16)10-15-12(17)13(14)5-8-18-9-6-13/h11H,2-10,14H2,1H3,(H,15,17). The lowest BCUT2D eigenvalue weighted by atomic mass is 9.90. The zero-order chi connectivity index (χ0) is 13.0. The van der Waals surface area contributed by atoms with Crippen LogP contribution in [0.3, 0.4) is 0 Å². The van der Waals surface area contributed by atoms with E-state index in [4.69, 9.17) is 10.5 Å². The number of hydrogen-bond donors (Lipinski definition) is 2. The Morgan fingerprint density at radius 2 is 2.22 bits per heavy atom. The topological polar surface area (TPSA) is 67.6 Å². The summed E-state index contributed by atoms with van der Waals surface area (Å²) in [5.41, 5.74) is 5.43. The van der Waals surface area contributed by atoms with Crippen molar-refractivity contribution in [1.82, 2.24) is 10.2 Å². The van der Waals surface area contributed by atoms with Crippen molar-refractivity contribution in [1.29, 1.82) is 0 Å². The van der Waals surface area contributed by atoms with E-state index in [0.717, 1.165) is 19.6 Å². The molecule has 5 nitrogen and oxygen atoms in total. The second kappa shape index (κ2) is 5.99. The van der Waals surface area contributed by atoms with E-state index in [1.165, 1.54) is 12.8 Å². The average molecular weight is 255 g/mol. The van der Waals surface area contributed by atoms with Crippen LogP contribution in [0.1, 0.15) is 32.6 Å². The molecule has 0 aromatic carbocycles. The molecular weight excluding hydrogens is 230 g/mol. The van der Waals surface area contributed by atoms with Crippen LogP contribution >= 0.6 is 0 Å². The zero-order valence-corrected chi connectivity index (χ0v) is 11.3. The fourth-order valence-corrected chi connectivity index (χ4v) is 2.89. The minimum Gasteiger partial charge on any atom is -0.381 e. The largest absolute Gasteiger partial charge is 0.381 e. The molecule has 3 N–H and O–H groups in total. The van der Waals surface area contributed by atoms with Gasteiger partial charge in [0.1, 0.15) is 0 Å². The fourth-order valence-electron chi connectivity index (χ4n) is 2.89. The molecule has 2 saturated heterocycles. The molecule has 2 heterocycles. The Morgan fingerprint density at radius 1 is 1.50 bits per heavy atom. The third kappa shape index (κ3) is 3.02. The molecule has 0 aliphatic carbocycles. The monoisotopic (exact) mass is 255 g/mol. The van der Waals surface area contributed by atoms with Crippen molar-refractivity contribution in [3.05, 3.63) is 0 Å². The highest BCUT2D eigenvalue weighted by molar-refractivity contribution is 5.86. The lowest BCUT2D eigenvalue weighted by Gasteiger charge is -2.32. The molecule has 5 heteroatoms. The SMILES string of the molecule is CCN1CCCC1CNC(=O)C1(N)CCOCC1. The number of carbonyl (C=O) groups is 1. The van der Waals surface area contributed by atoms with Gasteiger partial charge in [0.25, 0.3) is 0 Å². The highest BCUT2D eigenvalue weighted by atomic mass is 16.5. The van der Waals surface area contributed by atoms with E-state index in [0.29, 0.717) is 32.1 Å². The van der Waals surface area contributed by atoms with Crippen LogP contribution in [-0.2, 0) is 9.53 Å². The summed E-state index contributed by atoms with van der Waals surface area (Å²) in [6.45, 7) is 6.29. The van der Waals surface area contributed by atoms with E-state index in [1.54, 1.807) is 0 Å². The number of nitrogens with two attached hydrogens (primary N) is 1. The van der Waals surface area contributed by atoms with E-state index in [1.807, 2.05) is 0 Å². The third-order valence-electron chi connectivity index (χ3n) is 4.24. The summed E-state index contributed by atoms with van der Waals surface area (Å²) in [6.07, 6.45) is 3.66.